The van der Waals surface area contributed by atoms with Crippen LogP contribution in [0.5, 0.6) is 0 Å². The molecule has 0 fully saturated rings. The van der Waals surface area contributed by atoms with E-state index in [1.807, 2.05) is 0 Å². The summed E-state index contributed by atoms with van der Waals surface area (Å²) in [6.07, 6.45) is 6.00. The van der Waals surface area contributed by atoms with E-state index in [-0.39, 0.29) is 0 Å². The van der Waals surface area contributed by atoms with Crippen LogP contribution in [0.3, 0.4) is 0 Å². The zero-order chi connectivity index (χ0) is 19.2. The van der Waals surface area contributed by atoms with Gasteiger partial charge in [0.2, 0.25) is 0 Å². The second kappa shape index (κ2) is 9.73. The van der Waals surface area contributed by atoms with E-state index in [1.165, 1.54) is 16.2 Å². The molecule has 0 aliphatic heterocycles. The normalized spacial score (nSPS) is 16.9. The summed E-state index contributed by atoms with van der Waals surface area (Å²) in [7, 11) is 3.87. The molecular formula is C24H30NPS. The molecule has 0 bridgehead atoms. The average Bonchev–Trinajstić information content (AvgIpc) is 3.04. The molecule has 0 radical (unpaired) electrons. The van der Waals surface area contributed by atoms with Gasteiger partial charge in [-0.2, -0.15) is 0 Å². The number of hydrogen-bond donors (Lipinski definition) is 0. The van der Waals surface area contributed by atoms with Crippen LogP contribution in [0.25, 0.3) is 0 Å². The van der Waals surface area contributed by atoms with E-state index in [0.29, 0.717) is 10.9 Å². The molecule has 142 valence electrons. The number of allylic oxidation sites excluding steroid dienone is 3. The molecular weight excluding hydrogens is 365 g/mol. The highest BCUT2D eigenvalue weighted by molar-refractivity contribution is 8.04. The second-order valence-electron chi connectivity index (χ2n) is 7.45. The first-order chi connectivity index (χ1) is 13.1. The van der Waals surface area contributed by atoms with E-state index in [0.717, 1.165) is 13.0 Å². The largest absolute Gasteiger partial charge is 0.309 e. The smallest absolute Gasteiger partial charge is 0.0367 e. The molecule has 1 unspecified atom stereocenters. The van der Waals surface area contributed by atoms with Crippen LogP contribution >= 0.6 is 19.7 Å². The average molecular weight is 396 g/mol. The number of thioether (sulfide) groups is 1. The van der Waals surface area contributed by atoms with Crippen molar-refractivity contribution in [1.29, 1.82) is 0 Å². The molecule has 0 saturated carbocycles. The van der Waals surface area contributed by atoms with Crippen LogP contribution in [0.2, 0.25) is 0 Å². The Bertz CT molecular complexity index is 741. The van der Waals surface area contributed by atoms with Crippen LogP contribution in [-0.2, 0) is 0 Å². The van der Waals surface area contributed by atoms with Gasteiger partial charge in [-0.3, -0.25) is 0 Å². The fourth-order valence-electron chi connectivity index (χ4n) is 3.37. The predicted octanol–water partition coefficient (Wildman–Crippen LogP) is 5.41. The van der Waals surface area contributed by atoms with Gasteiger partial charge in [-0.15, -0.1) is 11.8 Å². The van der Waals surface area contributed by atoms with Crippen molar-refractivity contribution in [2.24, 2.45) is 0 Å². The van der Waals surface area contributed by atoms with Gasteiger partial charge in [0, 0.05) is 22.4 Å². The van der Waals surface area contributed by atoms with Gasteiger partial charge in [0.1, 0.15) is 0 Å². The topological polar surface area (TPSA) is 3.24 Å². The van der Waals surface area contributed by atoms with Crippen molar-refractivity contribution in [1.82, 2.24) is 4.90 Å². The molecule has 2 aromatic carbocycles. The van der Waals surface area contributed by atoms with Gasteiger partial charge in [-0.25, -0.2) is 0 Å². The molecule has 1 aliphatic carbocycles. The van der Waals surface area contributed by atoms with E-state index >= 15 is 0 Å². The van der Waals surface area contributed by atoms with Crippen molar-refractivity contribution in [3.05, 3.63) is 83.3 Å². The summed E-state index contributed by atoms with van der Waals surface area (Å²) in [4.78, 5) is 3.87. The fraction of sp³-hybridized carbons (Fsp3) is 0.333. The summed E-state index contributed by atoms with van der Waals surface area (Å²) in [5.41, 5.74) is 2.01. The Hall–Kier alpha value is -1.34. The lowest BCUT2D eigenvalue weighted by Gasteiger charge is -2.28. The Morgan fingerprint density at radius 3 is 1.96 bits per heavy atom. The fourth-order valence-corrected chi connectivity index (χ4v) is 7.50. The third kappa shape index (κ3) is 5.35. The third-order valence-electron chi connectivity index (χ3n) is 4.60. The lowest BCUT2D eigenvalue weighted by atomic mass is 10.2. The standard InChI is InChI=1S/C24H30NPS/c1-19(2)27-24-20(17-18-25(3)4)15-16-23(24)26(21-11-7-5-8-12-21)22-13-9-6-10-14-22/h5-16,19,23H,17-18H2,1-4H3. The highest BCUT2D eigenvalue weighted by Crippen LogP contribution is 2.51. The van der Waals surface area contributed by atoms with Crippen molar-refractivity contribution in [3.8, 4) is 0 Å². The first-order valence-electron chi connectivity index (χ1n) is 9.68. The molecule has 0 spiro atoms. The van der Waals surface area contributed by atoms with E-state index in [1.54, 1.807) is 4.91 Å². The molecule has 0 aromatic heterocycles. The molecule has 1 atom stereocenters. The summed E-state index contributed by atoms with van der Waals surface area (Å²) >= 11 is 2.06. The molecule has 3 heteroatoms. The maximum atomic E-state index is 2.47. The summed E-state index contributed by atoms with van der Waals surface area (Å²) < 4.78 is 0. The Labute approximate surface area is 170 Å². The Balaban J connectivity index is 2.01. The molecule has 1 aliphatic rings. The van der Waals surface area contributed by atoms with E-state index in [4.69, 9.17) is 0 Å². The quantitative estimate of drug-likeness (QED) is 0.550. The molecule has 2 aromatic rings. The Morgan fingerprint density at radius 1 is 0.926 bits per heavy atom. The molecule has 27 heavy (non-hydrogen) atoms. The van der Waals surface area contributed by atoms with Gasteiger partial charge >= 0.3 is 0 Å². The molecule has 3 rings (SSSR count). The van der Waals surface area contributed by atoms with Crippen molar-refractivity contribution >= 4 is 30.3 Å². The number of benzene rings is 2. The van der Waals surface area contributed by atoms with Gasteiger partial charge in [0.05, 0.1) is 0 Å². The highest BCUT2D eigenvalue weighted by Gasteiger charge is 2.31. The minimum atomic E-state index is -0.454. The molecule has 0 heterocycles. The van der Waals surface area contributed by atoms with E-state index < -0.39 is 7.92 Å². The molecule has 0 saturated heterocycles. The van der Waals surface area contributed by atoms with Gasteiger partial charge < -0.3 is 4.90 Å². The monoisotopic (exact) mass is 395 g/mol. The minimum Gasteiger partial charge on any atom is -0.309 e. The summed E-state index contributed by atoms with van der Waals surface area (Å²) in [5, 5.41) is 3.52. The van der Waals surface area contributed by atoms with Gasteiger partial charge in [-0.05, 0) is 44.6 Å². The van der Waals surface area contributed by atoms with Crippen LogP contribution in [0, 0.1) is 0 Å². The van der Waals surface area contributed by atoms with Gasteiger partial charge in [0.15, 0.2) is 0 Å². The predicted molar refractivity (Wildman–Crippen MR) is 125 cm³/mol. The lowest BCUT2D eigenvalue weighted by molar-refractivity contribution is 0.414. The van der Waals surface area contributed by atoms with E-state index in [2.05, 4.69) is 117 Å². The maximum Gasteiger partial charge on any atom is 0.0367 e. The second-order valence-corrected chi connectivity index (χ2v) is 11.4. The first-order valence-corrected chi connectivity index (χ1v) is 12.0. The SMILES string of the molecule is CC(C)SC1=C(CCN(C)C)C=CC1P(c1ccccc1)c1ccccc1. The van der Waals surface area contributed by atoms with Crippen molar-refractivity contribution in [2.75, 3.05) is 20.6 Å². The number of rotatable bonds is 8. The molecule has 1 nitrogen and oxygen atoms in total. The van der Waals surface area contributed by atoms with Crippen LogP contribution in [0.1, 0.15) is 20.3 Å². The highest BCUT2D eigenvalue weighted by atomic mass is 32.2. The maximum absolute atomic E-state index is 2.47. The van der Waals surface area contributed by atoms with Crippen molar-refractivity contribution in [3.63, 3.8) is 0 Å². The van der Waals surface area contributed by atoms with E-state index in [9.17, 15) is 0 Å². The Morgan fingerprint density at radius 2 is 1.48 bits per heavy atom. The van der Waals surface area contributed by atoms with Crippen molar-refractivity contribution < 1.29 is 0 Å². The van der Waals surface area contributed by atoms with Crippen LogP contribution in [-0.4, -0.2) is 36.4 Å². The van der Waals surface area contributed by atoms with Crippen LogP contribution < -0.4 is 10.6 Å². The van der Waals surface area contributed by atoms with Gasteiger partial charge in [-0.1, -0.05) is 86.7 Å². The number of nitrogens with zero attached hydrogens (tertiary/aromatic N) is 1. The molecule has 0 amide bonds. The number of hydrogen-bond acceptors (Lipinski definition) is 2. The summed E-state index contributed by atoms with van der Waals surface area (Å²) in [6, 6.07) is 22.2. The van der Waals surface area contributed by atoms with Gasteiger partial charge in [0.25, 0.3) is 0 Å². The summed E-state index contributed by atoms with van der Waals surface area (Å²) in [6.45, 7) is 5.72. The minimum absolute atomic E-state index is 0.454. The lowest BCUT2D eigenvalue weighted by Crippen LogP contribution is -2.21. The third-order valence-corrected chi connectivity index (χ3v) is 8.71. The molecule has 0 N–H and O–H groups in total. The Kier molecular flexibility index (Phi) is 7.35. The van der Waals surface area contributed by atoms with Crippen molar-refractivity contribution in [2.45, 2.75) is 31.2 Å². The zero-order valence-corrected chi connectivity index (χ0v) is 18.5. The van der Waals surface area contributed by atoms with Crippen LogP contribution in [0.15, 0.2) is 83.3 Å². The zero-order valence-electron chi connectivity index (χ0n) is 16.8. The summed E-state index contributed by atoms with van der Waals surface area (Å²) in [5.74, 6) is 0. The van der Waals surface area contributed by atoms with Crippen LogP contribution in [0.4, 0.5) is 0 Å². The first kappa shape index (κ1) is 20.4.